The molecule has 3 aromatic heterocycles. The number of hydrogen-bond acceptors (Lipinski definition) is 4. The van der Waals surface area contributed by atoms with Gasteiger partial charge < -0.3 is 5.32 Å². The number of amides is 1. The van der Waals surface area contributed by atoms with Gasteiger partial charge >= 0.3 is 0 Å². The SMILES string of the molecule is O=C(NCc1cccnc1)c1cnn2c(-c3ccc(F)cc3)ccnc12. The van der Waals surface area contributed by atoms with Crippen molar-refractivity contribution in [3.8, 4) is 11.3 Å². The first-order valence-electron chi connectivity index (χ1n) is 7.98. The van der Waals surface area contributed by atoms with Crippen LogP contribution < -0.4 is 5.32 Å². The van der Waals surface area contributed by atoms with E-state index in [2.05, 4.69) is 20.4 Å². The molecule has 6 nitrogen and oxygen atoms in total. The monoisotopic (exact) mass is 347 g/mol. The lowest BCUT2D eigenvalue weighted by Gasteiger charge is -2.06. The smallest absolute Gasteiger partial charge is 0.257 e. The van der Waals surface area contributed by atoms with E-state index in [1.807, 2.05) is 12.1 Å². The first-order valence-corrected chi connectivity index (χ1v) is 7.98. The summed E-state index contributed by atoms with van der Waals surface area (Å²) >= 11 is 0. The van der Waals surface area contributed by atoms with Crippen LogP contribution in [0.15, 0.2) is 67.3 Å². The standard InChI is InChI=1S/C19H14FN5O/c20-15-5-3-14(4-6-15)17-7-9-22-18-16(12-24-25(17)18)19(26)23-11-13-2-1-8-21-10-13/h1-10,12H,11H2,(H,23,26). The number of carbonyl (C=O) groups is 1. The number of nitrogens with zero attached hydrogens (tertiary/aromatic N) is 4. The number of fused-ring (bicyclic) bond motifs is 1. The largest absolute Gasteiger partial charge is 0.348 e. The lowest BCUT2D eigenvalue weighted by Crippen LogP contribution is -2.22. The van der Waals surface area contributed by atoms with Gasteiger partial charge in [-0.2, -0.15) is 5.10 Å². The zero-order chi connectivity index (χ0) is 17.9. The van der Waals surface area contributed by atoms with Crippen molar-refractivity contribution in [3.05, 3.63) is 84.2 Å². The van der Waals surface area contributed by atoms with Crippen LogP contribution in [0.5, 0.6) is 0 Å². The summed E-state index contributed by atoms with van der Waals surface area (Å²) in [6.07, 6.45) is 6.46. The topological polar surface area (TPSA) is 72.2 Å². The van der Waals surface area contributed by atoms with Gasteiger partial charge in [-0.1, -0.05) is 6.07 Å². The fourth-order valence-corrected chi connectivity index (χ4v) is 2.67. The highest BCUT2D eigenvalue weighted by molar-refractivity contribution is 5.99. The molecular weight excluding hydrogens is 333 g/mol. The minimum Gasteiger partial charge on any atom is -0.348 e. The summed E-state index contributed by atoms with van der Waals surface area (Å²) in [5.74, 6) is -0.581. The Morgan fingerprint density at radius 2 is 1.92 bits per heavy atom. The minimum atomic E-state index is -0.310. The highest BCUT2D eigenvalue weighted by atomic mass is 19.1. The Hall–Kier alpha value is -3.61. The van der Waals surface area contributed by atoms with E-state index in [0.29, 0.717) is 17.8 Å². The van der Waals surface area contributed by atoms with E-state index in [4.69, 9.17) is 0 Å². The van der Waals surface area contributed by atoms with E-state index in [0.717, 1.165) is 16.8 Å². The van der Waals surface area contributed by atoms with E-state index in [1.165, 1.54) is 18.3 Å². The van der Waals surface area contributed by atoms with Crippen molar-refractivity contribution in [2.45, 2.75) is 6.54 Å². The summed E-state index contributed by atoms with van der Waals surface area (Å²) in [7, 11) is 0. The third-order valence-corrected chi connectivity index (χ3v) is 3.96. The van der Waals surface area contributed by atoms with E-state index >= 15 is 0 Å². The molecule has 0 radical (unpaired) electrons. The fourth-order valence-electron chi connectivity index (χ4n) is 2.67. The molecule has 0 unspecified atom stereocenters. The molecule has 26 heavy (non-hydrogen) atoms. The van der Waals surface area contributed by atoms with Crippen LogP contribution in [0.2, 0.25) is 0 Å². The van der Waals surface area contributed by atoms with E-state index in [-0.39, 0.29) is 11.7 Å². The Bertz CT molecular complexity index is 1060. The van der Waals surface area contributed by atoms with Gasteiger partial charge in [0.1, 0.15) is 11.4 Å². The maximum Gasteiger partial charge on any atom is 0.257 e. The summed E-state index contributed by atoms with van der Waals surface area (Å²) in [6.45, 7) is 0.363. The van der Waals surface area contributed by atoms with Gasteiger partial charge in [0.2, 0.25) is 0 Å². The number of aromatic nitrogens is 4. The summed E-state index contributed by atoms with van der Waals surface area (Å²) in [4.78, 5) is 20.8. The van der Waals surface area contributed by atoms with Gasteiger partial charge in [-0.05, 0) is 42.0 Å². The number of nitrogens with one attached hydrogen (secondary N) is 1. The minimum absolute atomic E-state index is 0.271. The predicted molar refractivity (Wildman–Crippen MR) is 93.8 cm³/mol. The second-order valence-corrected chi connectivity index (χ2v) is 5.67. The molecule has 0 saturated heterocycles. The molecule has 128 valence electrons. The summed E-state index contributed by atoms with van der Waals surface area (Å²) in [5.41, 5.74) is 3.22. The summed E-state index contributed by atoms with van der Waals surface area (Å²) in [5, 5.41) is 7.12. The van der Waals surface area contributed by atoms with Gasteiger partial charge in [0.05, 0.1) is 11.9 Å². The van der Waals surface area contributed by atoms with E-state index < -0.39 is 0 Å². The van der Waals surface area contributed by atoms with Crippen molar-refractivity contribution < 1.29 is 9.18 Å². The quantitative estimate of drug-likeness (QED) is 0.616. The van der Waals surface area contributed by atoms with Gasteiger partial charge in [-0.25, -0.2) is 13.9 Å². The van der Waals surface area contributed by atoms with Crippen LogP contribution >= 0.6 is 0 Å². The second kappa shape index (κ2) is 6.72. The molecule has 0 bridgehead atoms. The molecule has 1 aromatic carbocycles. The Morgan fingerprint density at radius 3 is 2.69 bits per heavy atom. The van der Waals surface area contributed by atoms with Crippen LogP contribution in [-0.4, -0.2) is 25.5 Å². The number of rotatable bonds is 4. The first-order chi connectivity index (χ1) is 12.7. The molecule has 0 aliphatic carbocycles. The predicted octanol–water partition coefficient (Wildman–Crippen LogP) is 2.86. The van der Waals surface area contributed by atoms with Crippen LogP contribution in [0.25, 0.3) is 16.9 Å². The lowest BCUT2D eigenvalue weighted by molar-refractivity contribution is 0.0952. The number of carbonyl (C=O) groups excluding carboxylic acids is 1. The fraction of sp³-hybridized carbons (Fsp3) is 0.0526. The molecule has 0 aliphatic heterocycles. The first kappa shape index (κ1) is 15.9. The van der Waals surface area contributed by atoms with Crippen LogP contribution in [-0.2, 0) is 6.54 Å². The van der Waals surface area contributed by atoms with Gasteiger partial charge in [0, 0.05) is 30.7 Å². The molecule has 3 heterocycles. The van der Waals surface area contributed by atoms with Crippen molar-refractivity contribution in [3.63, 3.8) is 0 Å². The normalized spacial score (nSPS) is 10.8. The summed E-state index contributed by atoms with van der Waals surface area (Å²) in [6, 6.07) is 11.5. The molecule has 4 rings (SSSR count). The van der Waals surface area contributed by atoms with E-state index in [1.54, 1.807) is 41.3 Å². The van der Waals surface area contributed by atoms with Gasteiger partial charge in [0.15, 0.2) is 5.65 Å². The maximum absolute atomic E-state index is 13.2. The highest BCUT2D eigenvalue weighted by Gasteiger charge is 2.16. The molecule has 4 aromatic rings. The third-order valence-electron chi connectivity index (χ3n) is 3.96. The molecular formula is C19H14FN5O. The van der Waals surface area contributed by atoms with Crippen LogP contribution in [0, 0.1) is 5.82 Å². The molecule has 0 atom stereocenters. The van der Waals surface area contributed by atoms with Crippen molar-refractivity contribution in [1.29, 1.82) is 0 Å². The number of pyridine rings is 1. The van der Waals surface area contributed by atoms with E-state index in [9.17, 15) is 9.18 Å². The van der Waals surface area contributed by atoms with Gasteiger partial charge in [-0.3, -0.25) is 9.78 Å². The number of halogens is 1. The highest BCUT2D eigenvalue weighted by Crippen LogP contribution is 2.21. The zero-order valence-electron chi connectivity index (χ0n) is 13.6. The average Bonchev–Trinajstić information content (AvgIpc) is 3.12. The van der Waals surface area contributed by atoms with Crippen LogP contribution in [0.3, 0.4) is 0 Å². The summed E-state index contributed by atoms with van der Waals surface area (Å²) < 4.78 is 14.7. The van der Waals surface area contributed by atoms with Crippen molar-refractivity contribution >= 4 is 11.6 Å². The van der Waals surface area contributed by atoms with Crippen molar-refractivity contribution in [2.75, 3.05) is 0 Å². The average molecular weight is 347 g/mol. The maximum atomic E-state index is 13.2. The number of hydrogen-bond donors (Lipinski definition) is 1. The van der Waals surface area contributed by atoms with Crippen molar-refractivity contribution in [1.82, 2.24) is 24.9 Å². The Kier molecular flexibility index (Phi) is 4.10. The lowest BCUT2D eigenvalue weighted by atomic mass is 10.1. The van der Waals surface area contributed by atoms with Crippen molar-refractivity contribution in [2.24, 2.45) is 0 Å². The molecule has 7 heteroatoms. The van der Waals surface area contributed by atoms with Crippen LogP contribution in [0.1, 0.15) is 15.9 Å². The molecule has 0 aliphatic rings. The Balaban J connectivity index is 1.64. The second-order valence-electron chi connectivity index (χ2n) is 5.67. The zero-order valence-corrected chi connectivity index (χ0v) is 13.6. The van der Waals surface area contributed by atoms with Crippen LogP contribution in [0.4, 0.5) is 4.39 Å². The third kappa shape index (κ3) is 3.02. The van der Waals surface area contributed by atoms with Gasteiger partial charge in [-0.15, -0.1) is 0 Å². The molecule has 1 N–H and O–H groups in total. The number of benzene rings is 1. The van der Waals surface area contributed by atoms with Gasteiger partial charge in [0.25, 0.3) is 5.91 Å². The molecule has 0 spiro atoms. The Morgan fingerprint density at radius 1 is 1.08 bits per heavy atom. The molecule has 0 saturated carbocycles. The molecule has 1 amide bonds. The molecule has 0 fully saturated rings. The Labute approximate surface area is 148 Å².